The quantitative estimate of drug-likeness (QED) is 0.816. The van der Waals surface area contributed by atoms with Crippen LogP contribution in [-0.2, 0) is 0 Å². The molecule has 108 valence electrons. The summed E-state index contributed by atoms with van der Waals surface area (Å²) in [6.45, 7) is 4.64. The minimum absolute atomic E-state index is 0.0798. The number of nitrogen functional groups attached to an aromatic ring is 1. The number of aliphatic hydroxyl groups is 1. The van der Waals surface area contributed by atoms with Gasteiger partial charge in [-0.1, -0.05) is 18.3 Å². The van der Waals surface area contributed by atoms with E-state index < -0.39 is 0 Å². The van der Waals surface area contributed by atoms with E-state index >= 15 is 0 Å². The van der Waals surface area contributed by atoms with Gasteiger partial charge >= 0.3 is 0 Å². The first-order valence-electron chi connectivity index (χ1n) is 6.27. The fourth-order valence-electron chi connectivity index (χ4n) is 1.55. The maximum atomic E-state index is 12.2. The van der Waals surface area contributed by atoms with Crippen molar-refractivity contribution < 1.29 is 9.90 Å². The summed E-state index contributed by atoms with van der Waals surface area (Å²) in [5, 5.41) is 9.83. The lowest BCUT2D eigenvalue weighted by Gasteiger charge is -2.22. The van der Waals surface area contributed by atoms with E-state index in [2.05, 4.69) is 11.9 Å². The molecule has 3 N–H and O–H groups in total. The van der Waals surface area contributed by atoms with Gasteiger partial charge in [-0.25, -0.2) is 4.98 Å². The normalized spacial score (nSPS) is 12.3. The highest BCUT2D eigenvalue weighted by Gasteiger charge is 2.23. The fourth-order valence-corrected chi connectivity index (χ4v) is 2.51. The van der Waals surface area contributed by atoms with E-state index in [0.717, 1.165) is 18.1 Å². The van der Waals surface area contributed by atoms with Crippen LogP contribution in [0.5, 0.6) is 0 Å². The lowest BCUT2D eigenvalue weighted by molar-refractivity contribution is 0.0688. The number of nitrogens with two attached hydrogens (primary N) is 1. The molecule has 19 heavy (non-hydrogen) atoms. The monoisotopic (exact) mass is 286 g/mol. The van der Waals surface area contributed by atoms with Gasteiger partial charge in [0.2, 0.25) is 0 Å². The van der Waals surface area contributed by atoms with Gasteiger partial charge in [0.15, 0.2) is 5.13 Å². The van der Waals surface area contributed by atoms with Crippen LogP contribution in [0.2, 0.25) is 0 Å². The molecule has 0 fully saturated rings. The number of thiazole rings is 1. The predicted molar refractivity (Wildman–Crippen MR) is 78.7 cm³/mol. The highest BCUT2D eigenvalue weighted by Crippen LogP contribution is 2.28. The number of rotatable bonds is 6. The van der Waals surface area contributed by atoms with Crippen molar-refractivity contribution in [2.75, 3.05) is 37.9 Å². The highest BCUT2D eigenvalue weighted by atomic mass is 32.1. The van der Waals surface area contributed by atoms with Gasteiger partial charge in [-0.05, 0) is 13.3 Å². The van der Waals surface area contributed by atoms with E-state index in [1.807, 2.05) is 11.9 Å². The summed E-state index contributed by atoms with van der Waals surface area (Å²) in [6, 6.07) is -0.245. The Labute approximate surface area is 117 Å². The van der Waals surface area contributed by atoms with Crippen molar-refractivity contribution in [3.8, 4) is 0 Å². The summed E-state index contributed by atoms with van der Waals surface area (Å²) >= 11 is 1.29. The van der Waals surface area contributed by atoms with Crippen LogP contribution in [0.4, 0.5) is 10.9 Å². The molecule has 0 radical (unpaired) electrons. The number of anilines is 2. The number of hydrogen-bond donors (Lipinski definition) is 2. The molecule has 1 aromatic rings. The predicted octanol–water partition coefficient (Wildman–Crippen LogP) is 1.02. The Hall–Kier alpha value is -1.34. The summed E-state index contributed by atoms with van der Waals surface area (Å²) < 4.78 is 0. The third-order valence-corrected chi connectivity index (χ3v) is 4.14. The minimum Gasteiger partial charge on any atom is -0.394 e. The van der Waals surface area contributed by atoms with Crippen molar-refractivity contribution in [1.29, 1.82) is 0 Å². The van der Waals surface area contributed by atoms with Gasteiger partial charge < -0.3 is 20.6 Å². The third kappa shape index (κ3) is 3.57. The van der Waals surface area contributed by atoms with Crippen molar-refractivity contribution in [3.05, 3.63) is 4.88 Å². The molecule has 0 bridgehead atoms. The summed E-state index contributed by atoms with van der Waals surface area (Å²) in [4.78, 5) is 20.4. The van der Waals surface area contributed by atoms with Gasteiger partial charge in [0.1, 0.15) is 10.7 Å². The van der Waals surface area contributed by atoms with Crippen LogP contribution in [0.15, 0.2) is 0 Å². The number of aliphatic hydroxyl groups excluding tert-OH is 1. The zero-order valence-corrected chi connectivity index (χ0v) is 12.7. The first-order chi connectivity index (χ1) is 8.92. The van der Waals surface area contributed by atoms with Gasteiger partial charge in [0.05, 0.1) is 12.6 Å². The maximum Gasteiger partial charge on any atom is 0.267 e. The molecule has 0 aliphatic rings. The average Bonchev–Trinajstić information content (AvgIpc) is 2.78. The molecule has 1 heterocycles. The van der Waals surface area contributed by atoms with Crippen LogP contribution in [0.1, 0.15) is 29.9 Å². The molecule has 1 amide bonds. The lowest BCUT2D eigenvalue weighted by atomic mass is 10.3. The zero-order chi connectivity index (χ0) is 14.6. The maximum absolute atomic E-state index is 12.2. The zero-order valence-electron chi connectivity index (χ0n) is 11.9. The van der Waals surface area contributed by atoms with E-state index in [9.17, 15) is 4.79 Å². The highest BCUT2D eigenvalue weighted by molar-refractivity contribution is 7.18. The van der Waals surface area contributed by atoms with Crippen LogP contribution < -0.4 is 10.6 Å². The molecule has 1 unspecified atom stereocenters. The first kappa shape index (κ1) is 15.7. The molecule has 6 nitrogen and oxygen atoms in total. The van der Waals surface area contributed by atoms with E-state index in [0.29, 0.717) is 4.88 Å². The first-order valence-corrected chi connectivity index (χ1v) is 7.09. The Morgan fingerprint density at radius 1 is 1.53 bits per heavy atom. The Morgan fingerprint density at radius 3 is 2.68 bits per heavy atom. The Bertz CT molecular complexity index is 435. The van der Waals surface area contributed by atoms with E-state index in [1.165, 1.54) is 16.2 Å². The Morgan fingerprint density at radius 2 is 2.16 bits per heavy atom. The summed E-state index contributed by atoms with van der Waals surface area (Å²) in [5.41, 5.74) is 5.82. The number of nitrogens with zero attached hydrogens (tertiary/aromatic N) is 3. The summed E-state index contributed by atoms with van der Waals surface area (Å²) in [7, 11) is 3.58. The van der Waals surface area contributed by atoms with Crippen molar-refractivity contribution >= 4 is 28.2 Å². The van der Waals surface area contributed by atoms with Crippen LogP contribution in [0.25, 0.3) is 0 Å². The largest absolute Gasteiger partial charge is 0.394 e. The SMILES string of the molecule is CCCN(C)c1nc(N)c(C(=O)N(C)C(C)CO)s1. The number of carbonyl (C=O) groups excluding carboxylic acids is 1. The van der Waals surface area contributed by atoms with Gasteiger partial charge in [-0.15, -0.1) is 0 Å². The lowest BCUT2D eigenvalue weighted by Crippen LogP contribution is -2.37. The second-order valence-electron chi connectivity index (χ2n) is 4.58. The van der Waals surface area contributed by atoms with Crippen molar-refractivity contribution in [2.45, 2.75) is 26.3 Å². The molecule has 1 aromatic heterocycles. The molecule has 0 aromatic carbocycles. The summed E-state index contributed by atoms with van der Waals surface area (Å²) in [6.07, 6.45) is 1.00. The standard InChI is InChI=1S/C12H22N4O2S/c1-5-6-15(3)12-14-10(13)9(19-12)11(18)16(4)8(2)7-17/h8,17H,5-7,13H2,1-4H3. The van der Waals surface area contributed by atoms with Gasteiger partial charge in [-0.2, -0.15) is 0 Å². The molecule has 0 saturated carbocycles. The number of likely N-dealkylation sites (N-methyl/N-ethyl adjacent to an activating group) is 1. The Kier molecular flexibility index (Phi) is 5.56. The second kappa shape index (κ2) is 6.72. The second-order valence-corrected chi connectivity index (χ2v) is 5.56. The van der Waals surface area contributed by atoms with E-state index in [1.54, 1.807) is 14.0 Å². The van der Waals surface area contributed by atoms with Crippen molar-refractivity contribution in [1.82, 2.24) is 9.88 Å². The van der Waals surface area contributed by atoms with Crippen LogP contribution in [0.3, 0.4) is 0 Å². The molecule has 0 saturated heterocycles. The number of amides is 1. The molecule has 0 aliphatic heterocycles. The molecular formula is C12H22N4O2S. The summed E-state index contributed by atoms with van der Waals surface area (Å²) in [5.74, 6) is 0.0534. The van der Waals surface area contributed by atoms with Crippen LogP contribution in [-0.4, -0.2) is 54.2 Å². The number of aromatic nitrogens is 1. The van der Waals surface area contributed by atoms with Gasteiger partial charge in [-0.3, -0.25) is 4.79 Å². The number of carbonyl (C=O) groups is 1. The molecule has 7 heteroatoms. The molecule has 1 atom stereocenters. The molecule has 0 spiro atoms. The molecule has 1 rings (SSSR count). The van der Waals surface area contributed by atoms with Crippen LogP contribution in [0, 0.1) is 0 Å². The topological polar surface area (TPSA) is 82.7 Å². The average molecular weight is 286 g/mol. The minimum atomic E-state index is -0.245. The van der Waals surface area contributed by atoms with Gasteiger partial charge in [0, 0.05) is 20.6 Å². The Balaban J connectivity index is 2.92. The van der Waals surface area contributed by atoms with Crippen LogP contribution >= 0.6 is 11.3 Å². The third-order valence-electron chi connectivity index (χ3n) is 2.97. The fraction of sp³-hybridized carbons (Fsp3) is 0.667. The smallest absolute Gasteiger partial charge is 0.267 e. The molecular weight excluding hydrogens is 264 g/mol. The van der Waals surface area contributed by atoms with Crippen molar-refractivity contribution in [3.63, 3.8) is 0 Å². The van der Waals surface area contributed by atoms with E-state index in [4.69, 9.17) is 10.8 Å². The van der Waals surface area contributed by atoms with Gasteiger partial charge in [0.25, 0.3) is 5.91 Å². The van der Waals surface area contributed by atoms with Crippen molar-refractivity contribution in [2.24, 2.45) is 0 Å². The van der Waals surface area contributed by atoms with E-state index in [-0.39, 0.29) is 24.4 Å². The number of hydrogen-bond acceptors (Lipinski definition) is 6. The molecule has 0 aliphatic carbocycles.